The van der Waals surface area contributed by atoms with Crippen LogP contribution in [-0.2, 0) is 6.42 Å². The van der Waals surface area contributed by atoms with Crippen LogP contribution < -0.4 is 10.1 Å². The summed E-state index contributed by atoms with van der Waals surface area (Å²) in [5.74, 6) is 0.563. The summed E-state index contributed by atoms with van der Waals surface area (Å²) in [4.78, 5) is 12.2. The third-order valence-corrected chi connectivity index (χ3v) is 3.94. The molecule has 3 aromatic carbocycles. The second-order valence-corrected chi connectivity index (χ2v) is 6.01. The van der Waals surface area contributed by atoms with Gasteiger partial charge in [-0.3, -0.25) is 4.79 Å². The number of halogens is 1. The van der Waals surface area contributed by atoms with Crippen LogP contribution in [0.2, 0.25) is 5.02 Å². The average Bonchev–Trinajstić information content (AvgIpc) is 2.63. The number of ether oxygens (including phenoxy) is 1. The van der Waals surface area contributed by atoms with Gasteiger partial charge in [-0.2, -0.15) is 0 Å². The Kier molecular flexibility index (Phi) is 5.70. The van der Waals surface area contributed by atoms with E-state index < -0.39 is 0 Å². The van der Waals surface area contributed by atoms with Gasteiger partial charge >= 0.3 is 0 Å². The van der Waals surface area contributed by atoms with Crippen LogP contribution in [0.25, 0.3) is 0 Å². The van der Waals surface area contributed by atoms with Crippen molar-refractivity contribution in [2.45, 2.75) is 6.42 Å². The SMILES string of the molecule is O=C(Nc1cccc(Cl)c1)c1ccc(OCCc2ccccc2)cc1. The lowest BCUT2D eigenvalue weighted by atomic mass is 10.2. The predicted molar refractivity (Wildman–Crippen MR) is 101 cm³/mol. The van der Waals surface area contributed by atoms with Gasteiger partial charge < -0.3 is 10.1 Å². The van der Waals surface area contributed by atoms with Gasteiger partial charge in [0.2, 0.25) is 0 Å². The number of amides is 1. The molecule has 0 saturated heterocycles. The van der Waals surface area contributed by atoms with Gasteiger partial charge in [0.15, 0.2) is 0 Å². The second-order valence-electron chi connectivity index (χ2n) is 5.57. The second kappa shape index (κ2) is 8.36. The fraction of sp³-hybridized carbons (Fsp3) is 0.0952. The van der Waals surface area contributed by atoms with E-state index in [1.165, 1.54) is 5.56 Å². The first-order valence-electron chi connectivity index (χ1n) is 8.04. The molecule has 3 aromatic rings. The molecule has 3 nitrogen and oxygen atoms in total. The van der Waals surface area contributed by atoms with Gasteiger partial charge in [0, 0.05) is 22.7 Å². The Hall–Kier alpha value is -2.78. The molecular weight excluding hydrogens is 334 g/mol. The molecule has 0 unspecified atom stereocenters. The van der Waals surface area contributed by atoms with Crippen molar-refractivity contribution in [3.63, 3.8) is 0 Å². The molecule has 4 heteroatoms. The fourth-order valence-electron chi connectivity index (χ4n) is 2.40. The number of hydrogen-bond acceptors (Lipinski definition) is 2. The highest BCUT2D eigenvalue weighted by Gasteiger charge is 2.06. The molecule has 0 aliphatic carbocycles. The molecule has 126 valence electrons. The standard InChI is InChI=1S/C21H18ClNO2/c22-18-7-4-8-19(15-18)23-21(24)17-9-11-20(12-10-17)25-14-13-16-5-2-1-3-6-16/h1-12,15H,13-14H2,(H,23,24). The Balaban J connectivity index is 1.53. The maximum absolute atomic E-state index is 12.2. The molecule has 25 heavy (non-hydrogen) atoms. The molecule has 3 rings (SSSR count). The quantitative estimate of drug-likeness (QED) is 0.661. The Labute approximate surface area is 152 Å². The van der Waals surface area contributed by atoms with E-state index in [2.05, 4.69) is 17.4 Å². The lowest BCUT2D eigenvalue weighted by molar-refractivity contribution is 0.102. The Morgan fingerprint density at radius 2 is 1.68 bits per heavy atom. The molecule has 0 heterocycles. The van der Waals surface area contributed by atoms with Crippen molar-refractivity contribution in [1.29, 1.82) is 0 Å². The van der Waals surface area contributed by atoms with Crippen LogP contribution in [0.3, 0.4) is 0 Å². The maximum atomic E-state index is 12.2. The molecule has 0 radical (unpaired) electrons. The van der Waals surface area contributed by atoms with Crippen molar-refractivity contribution in [2.24, 2.45) is 0 Å². The fourth-order valence-corrected chi connectivity index (χ4v) is 2.59. The van der Waals surface area contributed by atoms with Crippen LogP contribution >= 0.6 is 11.6 Å². The summed E-state index contributed by atoms with van der Waals surface area (Å²) in [5, 5.41) is 3.40. The smallest absolute Gasteiger partial charge is 0.255 e. The zero-order valence-electron chi connectivity index (χ0n) is 13.6. The normalized spacial score (nSPS) is 10.3. The first-order chi connectivity index (χ1) is 12.2. The molecule has 1 N–H and O–H groups in total. The highest BCUT2D eigenvalue weighted by molar-refractivity contribution is 6.30. The summed E-state index contributed by atoms with van der Waals surface area (Å²) in [6.45, 7) is 0.595. The summed E-state index contributed by atoms with van der Waals surface area (Å²) in [5.41, 5.74) is 2.47. The van der Waals surface area contributed by atoms with E-state index in [0.717, 1.165) is 12.2 Å². The molecule has 0 fully saturated rings. The number of hydrogen-bond donors (Lipinski definition) is 1. The lowest BCUT2D eigenvalue weighted by Crippen LogP contribution is -2.11. The third-order valence-electron chi connectivity index (χ3n) is 3.70. The molecule has 0 spiro atoms. The van der Waals surface area contributed by atoms with E-state index >= 15 is 0 Å². The van der Waals surface area contributed by atoms with Gasteiger partial charge in [-0.05, 0) is 48.0 Å². The first-order valence-corrected chi connectivity index (χ1v) is 8.42. The van der Waals surface area contributed by atoms with Gasteiger partial charge in [-0.1, -0.05) is 48.0 Å². The van der Waals surface area contributed by atoms with Crippen LogP contribution in [0.15, 0.2) is 78.9 Å². The minimum absolute atomic E-state index is 0.182. The van der Waals surface area contributed by atoms with E-state index in [4.69, 9.17) is 16.3 Å². The molecule has 0 atom stereocenters. The minimum atomic E-state index is -0.182. The Morgan fingerprint density at radius 3 is 2.40 bits per heavy atom. The van der Waals surface area contributed by atoms with Crippen molar-refractivity contribution in [1.82, 2.24) is 0 Å². The number of benzene rings is 3. The summed E-state index contributed by atoms with van der Waals surface area (Å²) >= 11 is 5.92. The van der Waals surface area contributed by atoms with E-state index in [1.54, 1.807) is 48.5 Å². The van der Waals surface area contributed by atoms with E-state index in [-0.39, 0.29) is 5.91 Å². The summed E-state index contributed by atoms with van der Waals surface area (Å²) in [7, 11) is 0. The van der Waals surface area contributed by atoms with Crippen molar-refractivity contribution in [3.8, 4) is 5.75 Å². The zero-order chi connectivity index (χ0) is 17.5. The largest absolute Gasteiger partial charge is 0.493 e. The van der Waals surface area contributed by atoms with Crippen molar-refractivity contribution in [3.05, 3.63) is 95.0 Å². The van der Waals surface area contributed by atoms with Gasteiger partial charge in [-0.15, -0.1) is 0 Å². The monoisotopic (exact) mass is 351 g/mol. The maximum Gasteiger partial charge on any atom is 0.255 e. The number of carbonyl (C=O) groups excluding carboxylic acids is 1. The predicted octanol–water partition coefficient (Wildman–Crippen LogP) is 5.21. The highest BCUT2D eigenvalue weighted by Crippen LogP contribution is 2.17. The van der Waals surface area contributed by atoms with Crippen LogP contribution in [0.1, 0.15) is 15.9 Å². The lowest BCUT2D eigenvalue weighted by Gasteiger charge is -2.08. The Bertz CT molecular complexity index is 832. The van der Waals surface area contributed by atoms with Gasteiger partial charge in [0.1, 0.15) is 5.75 Å². The molecule has 0 aliphatic heterocycles. The first kappa shape index (κ1) is 17.1. The van der Waals surface area contributed by atoms with E-state index in [0.29, 0.717) is 22.9 Å². The van der Waals surface area contributed by atoms with Gasteiger partial charge in [0.05, 0.1) is 6.61 Å². The molecular formula is C21H18ClNO2. The summed E-state index contributed by atoms with van der Waals surface area (Å²) in [6, 6.07) is 24.3. The van der Waals surface area contributed by atoms with Crippen LogP contribution in [0, 0.1) is 0 Å². The van der Waals surface area contributed by atoms with Crippen molar-refractivity contribution >= 4 is 23.2 Å². The van der Waals surface area contributed by atoms with Crippen molar-refractivity contribution < 1.29 is 9.53 Å². The molecule has 1 amide bonds. The van der Waals surface area contributed by atoms with Crippen LogP contribution in [0.4, 0.5) is 5.69 Å². The van der Waals surface area contributed by atoms with Crippen molar-refractivity contribution in [2.75, 3.05) is 11.9 Å². The summed E-state index contributed by atoms with van der Waals surface area (Å²) in [6.07, 6.45) is 0.845. The van der Waals surface area contributed by atoms with E-state index in [9.17, 15) is 4.79 Å². The molecule has 0 aromatic heterocycles. The number of carbonyl (C=O) groups is 1. The van der Waals surface area contributed by atoms with E-state index in [1.807, 2.05) is 18.2 Å². The van der Waals surface area contributed by atoms with Gasteiger partial charge in [-0.25, -0.2) is 0 Å². The molecule has 0 saturated carbocycles. The topological polar surface area (TPSA) is 38.3 Å². The molecule has 0 bridgehead atoms. The number of rotatable bonds is 6. The highest BCUT2D eigenvalue weighted by atomic mass is 35.5. The number of nitrogens with one attached hydrogen (secondary N) is 1. The van der Waals surface area contributed by atoms with Crippen LogP contribution in [0.5, 0.6) is 5.75 Å². The number of anilines is 1. The molecule has 0 aliphatic rings. The summed E-state index contributed by atoms with van der Waals surface area (Å²) < 4.78 is 5.73. The average molecular weight is 352 g/mol. The third kappa shape index (κ3) is 5.10. The van der Waals surface area contributed by atoms with Crippen LogP contribution in [-0.4, -0.2) is 12.5 Å². The van der Waals surface area contributed by atoms with Gasteiger partial charge in [0.25, 0.3) is 5.91 Å². The zero-order valence-corrected chi connectivity index (χ0v) is 14.4. The Morgan fingerprint density at radius 1 is 0.920 bits per heavy atom. The minimum Gasteiger partial charge on any atom is -0.493 e.